The van der Waals surface area contributed by atoms with E-state index in [1.165, 1.54) is 0 Å². The highest BCUT2D eigenvalue weighted by Crippen LogP contribution is 2.22. The lowest BCUT2D eigenvalue weighted by molar-refractivity contribution is 0.0754. The molecule has 0 aliphatic carbocycles. The van der Waals surface area contributed by atoms with Crippen molar-refractivity contribution in [2.24, 2.45) is 0 Å². The fourth-order valence-corrected chi connectivity index (χ4v) is 1.59. The van der Waals surface area contributed by atoms with Crippen molar-refractivity contribution in [2.45, 2.75) is 6.04 Å². The summed E-state index contributed by atoms with van der Waals surface area (Å²) in [7, 11) is 0. The molecule has 0 unspecified atom stereocenters. The molecule has 1 aromatic carbocycles. The molecule has 1 heterocycles. The van der Waals surface area contributed by atoms with Crippen LogP contribution >= 0.6 is 0 Å². The minimum absolute atomic E-state index is 0.0211. The van der Waals surface area contributed by atoms with Crippen molar-refractivity contribution >= 4 is 0 Å². The normalized spacial score (nSPS) is 21.7. The van der Waals surface area contributed by atoms with Crippen molar-refractivity contribution < 1.29 is 17.9 Å². The van der Waals surface area contributed by atoms with E-state index >= 15 is 0 Å². The molecule has 1 atom stereocenters. The van der Waals surface area contributed by atoms with Crippen molar-refractivity contribution in [1.82, 2.24) is 5.32 Å². The number of ether oxygens (including phenoxy) is 1. The molecular formula is C10H10F3NO. The second-order valence-electron chi connectivity index (χ2n) is 3.37. The molecule has 0 saturated carbocycles. The molecule has 0 amide bonds. The van der Waals surface area contributed by atoms with Gasteiger partial charge in [-0.15, -0.1) is 0 Å². The van der Waals surface area contributed by atoms with Crippen LogP contribution in [0.1, 0.15) is 11.6 Å². The van der Waals surface area contributed by atoms with Gasteiger partial charge in [0.2, 0.25) is 0 Å². The van der Waals surface area contributed by atoms with Gasteiger partial charge in [-0.25, -0.2) is 13.2 Å². The summed E-state index contributed by atoms with van der Waals surface area (Å²) in [6, 6.07) is 1.04. The average Bonchev–Trinajstić information content (AvgIpc) is 2.24. The minimum atomic E-state index is -1.17. The molecular weight excluding hydrogens is 207 g/mol. The Hall–Kier alpha value is -1.07. The van der Waals surface area contributed by atoms with Gasteiger partial charge < -0.3 is 10.1 Å². The summed E-state index contributed by atoms with van der Waals surface area (Å²) in [6.07, 6.45) is 0. The maximum atomic E-state index is 13.3. The summed E-state index contributed by atoms with van der Waals surface area (Å²) in [5.74, 6) is -2.96. The van der Waals surface area contributed by atoms with E-state index in [4.69, 9.17) is 4.74 Å². The highest BCUT2D eigenvalue weighted by molar-refractivity contribution is 5.24. The topological polar surface area (TPSA) is 21.3 Å². The molecule has 0 bridgehead atoms. The number of morpholine rings is 1. The lowest BCUT2D eigenvalue weighted by atomic mass is 10.1. The zero-order valence-corrected chi connectivity index (χ0v) is 7.90. The Labute approximate surface area is 85.0 Å². The molecule has 2 nitrogen and oxygen atoms in total. The lowest BCUT2D eigenvalue weighted by Crippen LogP contribution is -2.35. The lowest BCUT2D eigenvalue weighted by Gasteiger charge is -2.24. The van der Waals surface area contributed by atoms with Gasteiger partial charge in [0.1, 0.15) is 5.82 Å². The van der Waals surface area contributed by atoms with Crippen molar-refractivity contribution in [2.75, 3.05) is 19.8 Å². The second kappa shape index (κ2) is 4.20. The van der Waals surface area contributed by atoms with Gasteiger partial charge in [0.25, 0.3) is 0 Å². The third-order valence-electron chi connectivity index (χ3n) is 2.32. The van der Waals surface area contributed by atoms with Crippen LogP contribution in [0.15, 0.2) is 12.1 Å². The van der Waals surface area contributed by atoms with Crippen LogP contribution < -0.4 is 5.32 Å². The van der Waals surface area contributed by atoms with Crippen LogP contribution in [0.25, 0.3) is 0 Å². The Morgan fingerprint density at radius 3 is 2.73 bits per heavy atom. The molecule has 0 aromatic heterocycles. The van der Waals surface area contributed by atoms with E-state index in [2.05, 4.69) is 5.32 Å². The van der Waals surface area contributed by atoms with Crippen molar-refractivity contribution in [1.29, 1.82) is 0 Å². The average molecular weight is 217 g/mol. The number of rotatable bonds is 1. The first-order valence-corrected chi connectivity index (χ1v) is 4.64. The maximum absolute atomic E-state index is 13.3. The van der Waals surface area contributed by atoms with Gasteiger partial charge in [-0.2, -0.15) is 0 Å². The molecule has 82 valence electrons. The summed E-state index contributed by atoms with van der Waals surface area (Å²) < 4.78 is 44.2. The standard InChI is InChI=1S/C10H10F3NO/c11-6-3-7(10(13)8(12)4-6)9-5-15-2-1-14-9/h3-4,9,14H,1-2,5H2/t9-/m1/s1. The first kappa shape index (κ1) is 10.4. The van der Waals surface area contributed by atoms with Crippen LogP contribution in [-0.4, -0.2) is 19.8 Å². The summed E-state index contributed by atoms with van der Waals surface area (Å²) in [6.45, 7) is 1.29. The third-order valence-corrected chi connectivity index (χ3v) is 2.32. The first-order chi connectivity index (χ1) is 7.18. The van der Waals surface area contributed by atoms with Gasteiger partial charge in [0, 0.05) is 18.2 Å². The molecule has 1 saturated heterocycles. The molecule has 0 spiro atoms. The zero-order valence-electron chi connectivity index (χ0n) is 7.90. The van der Waals surface area contributed by atoms with Crippen LogP contribution in [0.4, 0.5) is 13.2 Å². The quantitative estimate of drug-likeness (QED) is 0.724. The van der Waals surface area contributed by atoms with Gasteiger partial charge in [0.15, 0.2) is 11.6 Å². The summed E-state index contributed by atoms with van der Waals surface area (Å²) >= 11 is 0. The molecule has 0 radical (unpaired) electrons. The van der Waals surface area contributed by atoms with E-state index in [1.54, 1.807) is 0 Å². The van der Waals surface area contributed by atoms with Crippen LogP contribution in [0.3, 0.4) is 0 Å². The van der Waals surface area contributed by atoms with Gasteiger partial charge in [-0.05, 0) is 6.07 Å². The molecule has 1 aliphatic rings. The minimum Gasteiger partial charge on any atom is -0.378 e. The van der Waals surface area contributed by atoms with E-state index in [9.17, 15) is 13.2 Å². The first-order valence-electron chi connectivity index (χ1n) is 4.64. The Morgan fingerprint density at radius 2 is 2.07 bits per heavy atom. The van der Waals surface area contributed by atoms with Gasteiger partial charge in [0.05, 0.1) is 19.3 Å². The SMILES string of the molecule is Fc1cc(F)c(F)c([C@H]2COCCN2)c1. The Bertz CT molecular complexity index is 364. The van der Waals surface area contributed by atoms with Crippen LogP contribution in [0.5, 0.6) is 0 Å². The van der Waals surface area contributed by atoms with Gasteiger partial charge in [-0.3, -0.25) is 0 Å². The Balaban J connectivity index is 2.33. The van der Waals surface area contributed by atoms with Gasteiger partial charge in [-0.1, -0.05) is 0 Å². The van der Waals surface area contributed by atoms with E-state index in [0.717, 1.165) is 6.07 Å². The van der Waals surface area contributed by atoms with Gasteiger partial charge >= 0.3 is 0 Å². The van der Waals surface area contributed by atoms with Crippen molar-refractivity contribution in [3.8, 4) is 0 Å². The monoisotopic (exact) mass is 217 g/mol. The van der Waals surface area contributed by atoms with Crippen LogP contribution in [0.2, 0.25) is 0 Å². The van der Waals surface area contributed by atoms with Crippen molar-refractivity contribution in [3.05, 3.63) is 35.1 Å². The summed E-state index contributed by atoms with van der Waals surface area (Å²) in [4.78, 5) is 0. The predicted octanol–water partition coefficient (Wildman–Crippen LogP) is 1.76. The highest BCUT2D eigenvalue weighted by Gasteiger charge is 2.21. The predicted molar refractivity (Wildman–Crippen MR) is 47.9 cm³/mol. The Kier molecular flexibility index (Phi) is 2.93. The molecule has 1 N–H and O–H groups in total. The van der Waals surface area contributed by atoms with Crippen LogP contribution in [-0.2, 0) is 4.74 Å². The second-order valence-corrected chi connectivity index (χ2v) is 3.37. The zero-order chi connectivity index (χ0) is 10.8. The smallest absolute Gasteiger partial charge is 0.163 e. The van der Waals surface area contributed by atoms with Crippen molar-refractivity contribution in [3.63, 3.8) is 0 Å². The molecule has 1 fully saturated rings. The number of nitrogens with one attached hydrogen (secondary N) is 1. The summed E-state index contributed by atoms with van der Waals surface area (Å²) in [5.41, 5.74) is -0.0211. The summed E-state index contributed by atoms with van der Waals surface area (Å²) in [5, 5.41) is 2.93. The number of hydrogen-bond donors (Lipinski definition) is 1. The van der Waals surface area contributed by atoms with E-state index < -0.39 is 23.5 Å². The van der Waals surface area contributed by atoms with E-state index in [0.29, 0.717) is 19.2 Å². The van der Waals surface area contributed by atoms with E-state index in [1.807, 2.05) is 0 Å². The Morgan fingerprint density at radius 1 is 1.27 bits per heavy atom. The third kappa shape index (κ3) is 2.13. The number of hydrogen-bond acceptors (Lipinski definition) is 2. The number of halogens is 3. The molecule has 1 aliphatic heterocycles. The van der Waals surface area contributed by atoms with E-state index in [-0.39, 0.29) is 12.2 Å². The largest absolute Gasteiger partial charge is 0.378 e. The fourth-order valence-electron chi connectivity index (χ4n) is 1.59. The molecule has 1 aromatic rings. The molecule has 5 heteroatoms. The molecule has 15 heavy (non-hydrogen) atoms. The highest BCUT2D eigenvalue weighted by atomic mass is 19.2. The molecule has 2 rings (SSSR count). The fraction of sp³-hybridized carbons (Fsp3) is 0.400. The number of benzene rings is 1. The van der Waals surface area contributed by atoms with Crippen LogP contribution in [0, 0.1) is 17.5 Å². The maximum Gasteiger partial charge on any atom is 0.163 e.